The molecule has 44 valence electrons. The van der Waals surface area contributed by atoms with Gasteiger partial charge in [0.25, 0.3) is 0 Å². The van der Waals surface area contributed by atoms with E-state index in [2.05, 4.69) is 0 Å². The first kappa shape index (κ1) is 10.9. The first-order chi connectivity index (χ1) is 2.56. The zero-order valence-corrected chi connectivity index (χ0v) is 8.67. The zero-order valence-electron chi connectivity index (χ0n) is 4.69. The van der Waals surface area contributed by atoms with Crippen molar-refractivity contribution < 1.29 is 28.2 Å². The topological polar surface area (TPSA) is 17.1 Å². The van der Waals surface area contributed by atoms with Crippen molar-refractivity contribution in [3.05, 3.63) is 0 Å². The predicted octanol–water partition coefficient (Wildman–Crippen LogP) is -1.75. The van der Waals surface area contributed by atoms with Gasteiger partial charge in [0, 0.05) is 4.21 Å². The molecule has 0 radical (unpaired) electrons. The SMILES string of the molecule is C[Si](C)(C)[S+]=O.[I-]. The van der Waals surface area contributed by atoms with Gasteiger partial charge >= 0.3 is 18.3 Å². The summed E-state index contributed by atoms with van der Waals surface area (Å²) < 4.78 is 9.93. The number of rotatable bonds is 1. The summed E-state index contributed by atoms with van der Waals surface area (Å²) in [5, 5.41) is 0. The van der Waals surface area contributed by atoms with Crippen LogP contribution >= 0.6 is 0 Å². The van der Waals surface area contributed by atoms with E-state index in [-0.39, 0.29) is 24.0 Å². The molecule has 0 heterocycles. The summed E-state index contributed by atoms with van der Waals surface area (Å²) in [7, 11) is -1.27. The fraction of sp³-hybridized carbons (Fsp3) is 1.00. The zero-order chi connectivity index (χ0) is 5.21. The molecule has 0 bridgehead atoms. The summed E-state index contributed by atoms with van der Waals surface area (Å²) in [6.07, 6.45) is 0. The second-order valence-electron chi connectivity index (χ2n) is 2.20. The van der Waals surface area contributed by atoms with Gasteiger partial charge in [-0.25, -0.2) is 0 Å². The molecule has 0 saturated heterocycles. The van der Waals surface area contributed by atoms with Crippen LogP contribution in [0.4, 0.5) is 0 Å². The molecule has 0 aliphatic rings. The standard InChI is InChI=1S/C3H9OSSi.HI/c1-6(2,3)5-4;/h1-3H3;1H/q+1;/p-1. The maximum atomic E-state index is 9.93. The van der Waals surface area contributed by atoms with Crippen molar-refractivity contribution in [1.82, 2.24) is 0 Å². The molecule has 0 aliphatic carbocycles. The lowest BCUT2D eigenvalue weighted by Crippen LogP contribution is -3.00. The monoisotopic (exact) mass is 248 g/mol. The van der Waals surface area contributed by atoms with Gasteiger partial charge in [0.2, 0.25) is 0 Å². The molecule has 1 nitrogen and oxygen atoms in total. The Kier molecular flexibility index (Phi) is 6.06. The molecule has 0 spiro atoms. The van der Waals surface area contributed by atoms with E-state index in [4.69, 9.17) is 0 Å². The van der Waals surface area contributed by atoms with E-state index in [0.717, 1.165) is 11.1 Å². The molecular formula is C3H9IOSSi. The Morgan fingerprint density at radius 1 is 1.29 bits per heavy atom. The van der Waals surface area contributed by atoms with E-state index >= 15 is 0 Å². The van der Waals surface area contributed by atoms with Crippen molar-refractivity contribution >= 4 is 18.3 Å². The van der Waals surface area contributed by atoms with Crippen molar-refractivity contribution in [1.29, 1.82) is 0 Å². The Labute approximate surface area is 66.0 Å². The average molecular weight is 248 g/mol. The minimum atomic E-state index is -1.27. The van der Waals surface area contributed by atoms with Crippen molar-refractivity contribution in [2.45, 2.75) is 19.6 Å². The molecule has 0 aliphatic heterocycles. The molecular weight excluding hydrogens is 239 g/mol. The van der Waals surface area contributed by atoms with Crippen LogP contribution in [-0.2, 0) is 15.3 Å². The summed E-state index contributed by atoms with van der Waals surface area (Å²) in [6.45, 7) is 6.10. The first-order valence-corrected chi connectivity index (χ1v) is 6.84. The fourth-order valence-electron chi connectivity index (χ4n) is 0. The molecule has 0 aromatic rings. The number of hydrogen-bond donors (Lipinski definition) is 0. The third-order valence-electron chi connectivity index (χ3n) is 0.250. The van der Waals surface area contributed by atoms with E-state index in [0.29, 0.717) is 0 Å². The van der Waals surface area contributed by atoms with Gasteiger partial charge in [0.1, 0.15) is 0 Å². The lowest BCUT2D eigenvalue weighted by atomic mass is 11.8. The average Bonchev–Trinajstić information content (AvgIpc) is 1.35. The quantitative estimate of drug-likeness (QED) is 0.306. The normalized spacial score (nSPS) is 9.57. The molecule has 0 atom stereocenters. The van der Waals surface area contributed by atoms with Crippen LogP contribution in [-0.4, -0.2) is 7.22 Å². The molecule has 0 saturated carbocycles. The Bertz CT molecular complexity index is 60.4. The molecule has 0 unspecified atom stereocenters. The van der Waals surface area contributed by atoms with E-state index in [1.165, 1.54) is 0 Å². The van der Waals surface area contributed by atoms with Crippen LogP contribution in [0.2, 0.25) is 19.6 Å². The van der Waals surface area contributed by atoms with Crippen LogP contribution in [0.3, 0.4) is 0 Å². The predicted molar refractivity (Wildman–Crippen MR) is 31.4 cm³/mol. The van der Waals surface area contributed by atoms with Crippen LogP contribution < -0.4 is 24.0 Å². The summed E-state index contributed by atoms with van der Waals surface area (Å²) in [4.78, 5) is 0. The number of halogens is 1. The van der Waals surface area contributed by atoms with Gasteiger partial charge in [-0.2, -0.15) is 0 Å². The molecule has 0 aromatic heterocycles. The fourth-order valence-corrected chi connectivity index (χ4v) is 0. The maximum Gasteiger partial charge on any atom is 0.442 e. The Hall–Kier alpha value is 0.967. The molecule has 0 aromatic carbocycles. The highest BCUT2D eigenvalue weighted by Gasteiger charge is 2.31. The van der Waals surface area contributed by atoms with Gasteiger partial charge in [-0.05, 0) is 19.6 Å². The Balaban J connectivity index is 0. The highest BCUT2D eigenvalue weighted by atomic mass is 127. The molecule has 0 rings (SSSR count). The van der Waals surface area contributed by atoms with Crippen LogP contribution in [0, 0.1) is 0 Å². The second kappa shape index (κ2) is 3.91. The Morgan fingerprint density at radius 2 is 1.43 bits per heavy atom. The lowest BCUT2D eigenvalue weighted by Gasteiger charge is -1.78. The van der Waals surface area contributed by atoms with Crippen molar-refractivity contribution in [3.63, 3.8) is 0 Å². The van der Waals surface area contributed by atoms with Gasteiger partial charge in [0.05, 0.1) is 0 Å². The van der Waals surface area contributed by atoms with Crippen molar-refractivity contribution in [2.24, 2.45) is 0 Å². The summed E-state index contributed by atoms with van der Waals surface area (Å²) >= 11 is 0.771. The van der Waals surface area contributed by atoms with E-state index in [1.807, 2.05) is 19.6 Å². The summed E-state index contributed by atoms with van der Waals surface area (Å²) in [5.41, 5.74) is 0. The van der Waals surface area contributed by atoms with Crippen molar-refractivity contribution in [3.8, 4) is 0 Å². The van der Waals surface area contributed by atoms with Gasteiger partial charge in [-0.3, -0.25) is 0 Å². The maximum absolute atomic E-state index is 9.93. The molecule has 7 heavy (non-hydrogen) atoms. The molecule has 0 N–H and O–H groups in total. The third kappa shape index (κ3) is 10.9. The van der Waals surface area contributed by atoms with Gasteiger partial charge in [0.15, 0.2) is 0 Å². The minimum absolute atomic E-state index is 0. The van der Waals surface area contributed by atoms with E-state index in [1.54, 1.807) is 0 Å². The minimum Gasteiger partial charge on any atom is -1.00 e. The molecule has 0 fully saturated rings. The van der Waals surface area contributed by atoms with E-state index in [9.17, 15) is 4.21 Å². The third-order valence-corrected chi connectivity index (χ3v) is 2.25. The van der Waals surface area contributed by atoms with Crippen LogP contribution in [0.1, 0.15) is 0 Å². The van der Waals surface area contributed by atoms with Gasteiger partial charge in [-0.15, -0.1) is 0 Å². The molecule has 4 heteroatoms. The van der Waals surface area contributed by atoms with Crippen LogP contribution in [0.15, 0.2) is 0 Å². The van der Waals surface area contributed by atoms with Crippen LogP contribution in [0.25, 0.3) is 0 Å². The highest BCUT2D eigenvalue weighted by molar-refractivity contribution is 8.02. The molecule has 0 amide bonds. The van der Waals surface area contributed by atoms with Crippen molar-refractivity contribution in [2.75, 3.05) is 0 Å². The van der Waals surface area contributed by atoms with Gasteiger partial charge < -0.3 is 24.0 Å². The smallest absolute Gasteiger partial charge is 0.442 e. The summed E-state index contributed by atoms with van der Waals surface area (Å²) in [6, 6.07) is 0. The second-order valence-corrected chi connectivity index (χ2v) is 10.8. The number of hydrogen-bond acceptors (Lipinski definition) is 1. The largest absolute Gasteiger partial charge is 1.00 e. The van der Waals surface area contributed by atoms with Crippen LogP contribution in [0.5, 0.6) is 0 Å². The van der Waals surface area contributed by atoms with E-state index < -0.39 is 7.22 Å². The highest BCUT2D eigenvalue weighted by Crippen LogP contribution is 1.94. The Morgan fingerprint density at radius 3 is 1.43 bits per heavy atom. The summed E-state index contributed by atoms with van der Waals surface area (Å²) in [5.74, 6) is 0. The first-order valence-electron chi connectivity index (χ1n) is 1.87. The van der Waals surface area contributed by atoms with Gasteiger partial charge in [-0.1, -0.05) is 0 Å². The lowest BCUT2D eigenvalue weighted by molar-refractivity contribution is -0.00000257.